The van der Waals surface area contributed by atoms with Gasteiger partial charge in [0.25, 0.3) is 0 Å². The third-order valence-electron chi connectivity index (χ3n) is 3.33. The van der Waals surface area contributed by atoms with Crippen LogP contribution in [0.2, 0.25) is 0 Å². The fraction of sp³-hybridized carbons (Fsp3) is 0.750. The lowest BCUT2D eigenvalue weighted by Crippen LogP contribution is -2.17. The average molecular weight is 284 g/mol. The standard InChI is InChI=1S/C16H28O4/c1-2-3-4-5-6-7-8-9-10-11-12-14(16(19)20)13-15(17)18/h6-7,14H,2-5,8-13H2,1H3,(H,17,18)(H,19,20)/b7-6+. The van der Waals surface area contributed by atoms with Crippen molar-refractivity contribution in [1.29, 1.82) is 0 Å². The Morgan fingerprint density at radius 3 is 2.05 bits per heavy atom. The summed E-state index contributed by atoms with van der Waals surface area (Å²) >= 11 is 0. The zero-order chi connectivity index (χ0) is 15.2. The van der Waals surface area contributed by atoms with Crippen LogP contribution in [0, 0.1) is 5.92 Å². The molecule has 0 saturated carbocycles. The monoisotopic (exact) mass is 284 g/mol. The third-order valence-corrected chi connectivity index (χ3v) is 3.33. The van der Waals surface area contributed by atoms with Crippen LogP contribution in [0.3, 0.4) is 0 Å². The summed E-state index contributed by atoms with van der Waals surface area (Å²) < 4.78 is 0. The Kier molecular flexibility index (Phi) is 11.9. The Morgan fingerprint density at radius 2 is 1.55 bits per heavy atom. The first-order chi connectivity index (χ1) is 9.57. The molecular weight excluding hydrogens is 256 g/mol. The number of hydrogen-bond donors (Lipinski definition) is 2. The fourth-order valence-corrected chi connectivity index (χ4v) is 2.10. The van der Waals surface area contributed by atoms with Gasteiger partial charge in [0, 0.05) is 0 Å². The van der Waals surface area contributed by atoms with E-state index in [-0.39, 0.29) is 6.42 Å². The molecule has 4 heteroatoms. The zero-order valence-corrected chi connectivity index (χ0v) is 12.5. The molecule has 0 fully saturated rings. The lowest BCUT2D eigenvalue weighted by atomic mass is 9.97. The van der Waals surface area contributed by atoms with Crippen LogP contribution in [0.25, 0.3) is 0 Å². The van der Waals surface area contributed by atoms with E-state index in [9.17, 15) is 9.59 Å². The first-order valence-corrected chi connectivity index (χ1v) is 7.67. The molecule has 4 nitrogen and oxygen atoms in total. The van der Waals surface area contributed by atoms with Crippen molar-refractivity contribution in [2.75, 3.05) is 0 Å². The summed E-state index contributed by atoms with van der Waals surface area (Å²) in [5.41, 5.74) is 0. The minimum absolute atomic E-state index is 0.271. The highest BCUT2D eigenvalue weighted by molar-refractivity contribution is 5.77. The second-order valence-electron chi connectivity index (χ2n) is 5.24. The number of unbranched alkanes of at least 4 members (excludes halogenated alkanes) is 6. The van der Waals surface area contributed by atoms with E-state index in [2.05, 4.69) is 19.1 Å². The molecule has 0 radical (unpaired) electrons. The van der Waals surface area contributed by atoms with E-state index in [4.69, 9.17) is 10.2 Å². The molecule has 20 heavy (non-hydrogen) atoms. The molecule has 0 aliphatic rings. The molecule has 0 bridgehead atoms. The van der Waals surface area contributed by atoms with Crippen molar-refractivity contribution in [3.05, 3.63) is 12.2 Å². The van der Waals surface area contributed by atoms with Gasteiger partial charge in [0.1, 0.15) is 0 Å². The number of hydrogen-bond acceptors (Lipinski definition) is 2. The zero-order valence-electron chi connectivity index (χ0n) is 12.5. The second kappa shape index (κ2) is 12.7. The predicted molar refractivity (Wildman–Crippen MR) is 79.7 cm³/mol. The summed E-state index contributed by atoms with van der Waals surface area (Å²) in [6, 6.07) is 0. The predicted octanol–water partition coefficient (Wildman–Crippen LogP) is 4.25. The van der Waals surface area contributed by atoms with Crippen LogP contribution < -0.4 is 0 Å². The average Bonchev–Trinajstić information content (AvgIpc) is 2.39. The highest BCUT2D eigenvalue weighted by atomic mass is 16.4. The second-order valence-corrected chi connectivity index (χ2v) is 5.24. The Balaban J connectivity index is 3.54. The van der Waals surface area contributed by atoms with Gasteiger partial charge < -0.3 is 10.2 Å². The van der Waals surface area contributed by atoms with Crippen LogP contribution in [0.15, 0.2) is 12.2 Å². The van der Waals surface area contributed by atoms with Crippen molar-refractivity contribution < 1.29 is 19.8 Å². The van der Waals surface area contributed by atoms with Gasteiger partial charge in [-0.15, -0.1) is 0 Å². The van der Waals surface area contributed by atoms with Gasteiger partial charge >= 0.3 is 11.9 Å². The number of carboxylic acids is 2. The quantitative estimate of drug-likeness (QED) is 0.391. The van der Waals surface area contributed by atoms with Gasteiger partial charge in [0.15, 0.2) is 0 Å². The van der Waals surface area contributed by atoms with Crippen LogP contribution in [-0.4, -0.2) is 22.2 Å². The van der Waals surface area contributed by atoms with E-state index in [1.54, 1.807) is 0 Å². The van der Waals surface area contributed by atoms with Crippen LogP contribution >= 0.6 is 0 Å². The van der Waals surface area contributed by atoms with E-state index in [0.29, 0.717) is 6.42 Å². The Labute approximate surface area is 121 Å². The maximum absolute atomic E-state index is 10.9. The molecule has 0 aliphatic carbocycles. The van der Waals surface area contributed by atoms with Gasteiger partial charge in [-0.05, 0) is 32.1 Å². The Hall–Kier alpha value is -1.32. The Morgan fingerprint density at radius 1 is 0.950 bits per heavy atom. The topological polar surface area (TPSA) is 74.6 Å². The van der Waals surface area contributed by atoms with E-state index in [1.807, 2.05) is 0 Å². The minimum Gasteiger partial charge on any atom is -0.481 e. The van der Waals surface area contributed by atoms with E-state index in [0.717, 1.165) is 32.1 Å². The molecule has 0 rings (SSSR count). The van der Waals surface area contributed by atoms with Crippen molar-refractivity contribution in [1.82, 2.24) is 0 Å². The molecule has 0 spiro atoms. The summed E-state index contributed by atoms with van der Waals surface area (Å²) in [6.45, 7) is 2.19. The normalized spacial score (nSPS) is 12.7. The molecule has 0 saturated heterocycles. The maximum Gasteiger partial charge on any atom is 0.307 e. The molecule has 0 aromatic heterocycles. The molecular formula is C16H28O4. The summed E-state index contributed by atoms with van der Waals surface area (Å²) in [7, 11) is 0. The van der Waals surface area contributed by atoms with Crippen molar-refractivity contribution in [3.63, 3.8) is 0 Å². The minimum atomic E-state index is -1.03. The van der Waals surface area contributed by atoms with Crippen LogP contribution in [0.4, 0.5) is 0 Å². The van der Waals surface area contributed by atoms with Crippen molar-refractivity contribution in [2.24, 2.45) is 5.92 Å². The maximum atomic E-state index is 10.9. The van der Waals surface area contributed by atoms with Gasteiger partial charge in [0.2, 0.25) is 0 Å². The summed E-state index contributed by atoms with van der Waals surface area (Å²) in [6.07, 6.45) is 13.4. The molecule has 1 unspecified atom stereocenters. The lowest BCUT2D eigenvalue weighted by molar-refractivity contribution is -0.148. The summed E-state index contributed by atoms with van der Waals surface area (Å²) in [5, 5.41) is 17.5. The summed E-state index contributed by atoms with van der Waals surface area (Å²) in [5.74, 6) is -2.77. The molecule has 0 aliphatic heterocycles. The van der Waals surface area contributed by atoms with Crippen molar-refractivity contribution in [3.8, 4) is 0 Å². The van der Waals surface area contributed by atoms with Gasteiger partial charge in [-0.25, -0.2) is 0 Å². The molecule has 0 aromatic carbocycles. The van der Waals surface area contributed by atoms with Gasteiger partial charge in [-0.2, -0.15) is 0 Å². The van der Waals surface area contributed by atoms with Gasteiger partial charge in [0.05, 0.1) is 12.3 Å². The molecule has 0 aromatic rings. The fourth-order valence-electron chi connectivity index (χ4n) is 2.10. The first kappa shape index (κ1) is 18.7. The SMILES string of the molecule is CCCCC/C=C/CCCCCC(CC(=O)O)C(=O)O. The molecule has 0 amide bonds. The van der Waals surface area contributed by atoms with Crippen molar-refractivity contribution >= 4 is 11.9 Å². The van der Waals surface area contributed by atoms with Crippen LogP contribution in [0.1, 0.15) is 71.1 Å². The largest absolute Gasteiger partial charge is 0.481 e. The van der Waals surface area contributed by atoms with Crippen molar-refractivity contribution in [2.45, 2.75) is 71.1 Å². The van der Waals surface area contributed by atoms with Crippen LogP contribution in [-0.2, 0) is 9.59 Å². The number of allylic oxidation sites excluding steroid dienone is 2. The molecule has 2 N–H and O–H groups in total. The highest BCUT2D eigenvalue weighted by Gasteiger charge is 2.19. The highest BCUT2D eigenvalue weighted by Crippen LogP contribution is 2.15. The van der Waals surface area contributed by atoms with E-state index >= 15 is 0 Å². The number of carbonyl (C=O) groups is 2. The molecule has 1 atom stereocenters. The summed E-state index contributed by atoms with van der Waals surface area (Å²) in [4.78, 5) is 21.4. The van der Waals surface area contributed by atoms with E-state index in [1.165, 1.54) is 19.3 Å². The molecule has 0 heterocycles. The molecule has 116 valence electrons. The lowest BCUT2D eigenvalue weighted by Gasteiger charge is -2.08. The van der Waals surface area contributed by atoms with Gasteiger partial charge in [-0.3, -0.25) is 9.59 Å². The third kappa shape index (κ3) is 11.8. The number of aliphatic carboxylic acids is 2. The number of carboxylic acid groups (broad SMARTS) is 2. The van der Waals surface area contributed by atoms with Gasteiger partial charge in [-0.1, -0.05) is 44.8 Å². The number of rotatable bonds is 13. The van der Waals surface area contributed by atoms with Crippen LogP contribution in [0.5, 0.6) is 0 Å². The Bertz CT molecular complexity index is 297. The first-order valence-electron chi connectivity index (χ1n) is 7.67. The van der Waals surface area contributed by atoms with E-state index < -0.39 is 17.9 Å². The smallest absolute Gasteiger partial charge is 0.307 e.